The molecule has 0 unspecified atom stereocenters. The second-order valence-corrected chi connectivity index (χ2v) is 12.7. The summed E-state index contributed by atoms with van der Waals surface area (Å²) in [6, 6.07) is 32.3. The van der Waals surface area contributed by atoms with Crippen LogP contribution in [-0.2, 0) is 0 Å². The van der Waals surface area contributed by atoms with E-state index in [1.807, 2.05) is 114 Å². The Morgan fingerprint density at radius 3 is 1.70 bits per heavy atom. The lowest BCUT2D eigenvalue weighted by molar-refractivity contribution is 1.07. The average Bonchev–Trinajstić information content (AvgIpc) is 3.82. The minimum absolute atomic E-state index is 0.0228. The van der Waals surface area contributed by atoms with Gasteiger partial charge in [0, 0.05) is 58.8 Å². The maximum absolute atomic E-state index is 10.2. The van der Waals surface area contributed by atoms with Gasteiger partial charge >= 0.3 is 0 Å². The van der Waals surface area contributed by atoms with E-state index in [-0.39, 0.29) is 97.6 Å². The SMILES string of the molecule is [2H]c1cc([2H])c2sc3c(-c4c([2H])c(-c5nc(-c6ccccc6)nc(-c6ccccc6)n5)c([2H])c([2H])c4-n4c5ccccc5c5ccccc54)c([2H])c([2H])c([2H])c3c2c1[2H]. The summed E-state index contributed by atoms with van der Waals surface area (Å²) in [5, 5.41) is 1.97. The van der Waals surface area contributed by atoms with Crippen molar-refractivity contribution >= 4 is 53.3 Å². The lowest BCUT2D eigenvalue weighted by atomic mass is 9.98. The Balaban J connectivity index is 1.41. The van der Waals surface area contributed by atoms with Crippen LogP contribution >= 0.6 is 11.3 Å². The van der Waals surface area contributed by atoms with Crippen molar-refractivity contribution in [3.05, 3.63) is 170 Å². The fraction of sp³-hybridized carbons (Fsp3) is 0. The average molecular weight is 666 g/mol. The standard InChI is InChI=1S/C45H28N4S/c1-3-14-29(15-4-1)43-46-44(30-16-5-2-6-17-30)48-45(47-43)31-26-27-40(49-38-23-10-7-18-32(38)33-19-8-11-24-39(33)49)37(28-31)36-22-13-21-35-34-20-9-12-25-41(34)50-42(35)36/h1-28H/i9D,13D,20D,21D,22D,25D,26D,27D,28D. The van der Waals surface area contributed by atoms with Crippen molar-refractivity contribution < 1.29 is 12.3 Å². The Labute approximate surface area is 305 Å². The van der Waals surface area contributed by atoms with E-state index in [1.54, 1.807) is 0 Å². The molecule has 0 aliphatic heterocycles. The van der Waals surface area contributed by atoms with Crippen LogP contribution < -0.4 is 0 Å². The van der Waals surface area contributed by atoms with Gasteiger partial charge < -0.3 is 4.57 Å². The van der Waals surface area contributed by atoms with Gasteiger partial charge in [0.05, 0.1) is 29.1 Å². The molecule has 5 heteroatoms. The summed E-state index contributed by atoms with van der Waals surface area (Å²) >= 11 is 1.05. The fourth-order valence-electron chi connectivity index (χ4n) is 6.49. The lowest BCUT2D eigenvalue weighted by Gasteiger charge is -2.17. The molecule has 0 radical (unpaired) electrons. The van der Waals surface area contributed by atoms with Crippen LogP contribution in [0.1, 0.15) is 12.3 Å². The van der Waals surface area contributed by atoms with E-state index in [0.29, 0.717) is 26.9 Å². The third kappa shape index (κ3) is 4.63. The maximum Gasteiger partial charge on any atom is 0.164 e. The van der Waals surface area contributed by atoms with E-state index in [4.69, 9.17) is 21.8 Å². The first-order valence-electron chi connectivity index (χ1n) is 20.5. The van der Waals surface area contributed by atoms with Crippen LogP contribution in [0.5, 0.6) is 0 Å². The molecule has 7 aromatic carbocycles. The minimum atomic E-state index is -0.484. The molecule has 0 saturated heterocycles. The molecule has 10 aromatic rings. The highest BCUT2D eigenvalue weighted by molar-refractivity contribution is 7.26. The van der Waals surface area contributed by atoms with E-state index < -0.39 is 12.1 Å². The van der Waals surface area contributed by atoms with E-state index in [1.165, 1.54) is 6.07 Å². The van der Waals surface area contributed by atoms with E-state index in [9.17, 15) is 5.48 Å². The summed E-state index contributed by atoms with van der Waals surface area (Å²) in [7, 11) is 0. The third-order valence-corrected chi connectivity index (χ3v) is 9.89. The molecule has 0 fully saturated rings. The first kappa shape index (κ1) is 20.8. The van der Waals surface area contributed by atoms with Crippen molar-refractivity contribution in [2.45, 2.75) is 0 Å². The first-order valence-corrected chi connectivity index (χ1v) is 16.8. The van der Waals surface area contributed by atoms with Gasteiger partial charge in [0.2, 0.25) is 0 Å². The number of benzene rings is 7. The van der Waals surface area contributed by atoms with Crippen molar-refractivity contribution in [3.8, 4) is 51.0 Å². The van der Waals surface area contributed by atoms with Crippen LogP contribution in [0.25, 0.3) is 93.0 Å². The number of nitrogens with zero attached hydrogens (tertiary/aromatic N) is 4. The molecule has 234 valence electrons. The molecule has 0 bridgehead atoms. The molecule has 0 N–H and O–H groups in total. The summed E-state index contributed by atoms with van der Waals surface area (Å²) in [4.78, 5) is 14.5. The normalized spacial score (nSPS) is 14.1. The molecule has 0 saturated carbocycles. The molecule has 10 rings (SSSR count). The molecule has 0 aliphatic carbocycles. The lowest BCUT2D eigenvalue weighted by Crippen LogP contribution is -2.02. The highest BCUT2D eigenvalue weighted by Gasteiger charge is 2.20. The smallest absolute Gasteiger partial charge is 0.164 e. The van der Waals surface area contributed by atoms with Gasteiger partial charge in [-0.15, -0.1) is 11.3 Å². The topological polar surface area (TPSA) is 43.6 Å². The number of fused-ring (bicyclic) bond motifs is 6. The summed E-state index contributed by atoms with van der Waals surface area (Å²) < 4.78 is 86.1. The fourth-order valence-corrected chi connectivity index (χ4v) is 7.58. The number of rotatable bonds is 5. The summed E-state index contributed by atoms with van der Waals surface area (Å²) in [6.45, 7) is 0. The Bertz CT molecular complexity index is 3280. The molecule has 3 heterocycles. The summed E-state index contributed by atoms with van der Waals surface area (Å²) in [5.74, 6) is 0.523. The Hall–Kier alpha value is -6.43. The molecular weight excluding hydrogens is 629 g/mol. The summed E-state index contributed by atoms with van der Waals surface area (Å²) in [6.07, 6.45) is 0. The predicted octanol–water partition coefficient (Wildman–Crippen LogP) is 12.0. The van der Waals surface area contributed by atoms with E-state index in [0.717, 1.165) is 22.1 Å². The molecule has 0 amide bonds. The van der Waals surface area contributed by atoms with Crippen molar-refractivity contribution in [2.24, 2.45) is 0 Å². The highest BCUT2D eigenvalue weighted by Crippen LogP contribution is 2.44. The van der Waals surface area contributed by atoms with Crippen LogP contribution in [0.3, 0.4) is 0 Å². The van der Waals surface area contributed by atoms with Crippen molar-refractivity contribution in [1.29, 1.82) is 0 Å². The molecule has 50 heavy (non-hydrogen) atoms. The second kappa shape index (κ2) is 11.6. The van der Waals surface area contributed by atoms with Gasteiger partial charge in [0.15, 0.2) is 17.5 Å². The minimum Gasteiger partial charge on any atom is -0.309 e. The van der Waals surface area contributed by atoms with Crippen LogP contribution in [-0.4, -0.2) is 19.5 Å². The van der Waals surface area contributed by atoms with E-state index in [2.05, 4.69) is 0 Å². The van der Waals surface area contributed by atoms with Crippen molar-refractivity contribution in [2.75, 3.05) is 0 Å². The zero-order valence-electron chi connectivity index (χ0n) is 35.2. The van der Waals surface area contributed by atoms with Crippen LogP contribution in [0.4, 0.5) is 0 Å². The molecule has 0 atom stereocenters. The zero-order chi connectivity index (χ0) is 40.9. The van der Waals surface area contributed by atoms with Crippen molar-refractivity contribution in [3.63, 3.8) is 0 Å². The molecule has 0 spiro atoms. The van der Waals surface area contributed by atoms with Gasteiger partial charge in [-0.2, -0.15) is 0 Å². The molecule has 4 nitrogen and oxygen atoms in total. The van der Waals surface area contributed by atoms with E-state index >= 15 is 0 Å². The maximum atomic E-state index is 10.2. The second-order valence-electron chi connectivity index (χ2n) is 11.7. The van der Waals surface area contributed by atoms with Gasteiger partial charge in [-0.05, 0) is 36.3 Å². The Kier molecular flexibility index (Phi) is 4.84. The van der Waals surface area contributed by atoms with Gasteiger partial charge in [0.1, 0.15) is 0 Å². The summed E-state index contributed by atoms with van der Waals surface area (Å²) in [5.41, 5.74) is 2.74. The molecule has 3 aromatic heterocycles. The van der Waals surface area contributed by atoms with Gasteiger partial charge in [0.25, 0.3) is 0 Å². The molecule has 0 aliphatic rings. The Morgan fingerprint density at radius 1 is 0.460 bits per heavy atom. The van der Waals surface area contributed by atoms with Gasteiger partial charge in [-0.25, -0.2) is 15.0 Å². The third-order valence-electron chi connectivity index (χ3n) is 8.75. The van der Waals surface area contributed by atoms with Gasteiger partial charge in [-0.3, -0.25) is 0 Å². The number of aromatic nitrogens is 4. The predicted molar refractivity (Wildman–Crippen MR) is 209 cm³/mol. The quantitative estimate of drug-likeness (QED) is 0.184. The number of hydrogen-bond acceptors (Lipinski definition) is 4. The first-order chi connectivity index (χ1) is 28.5. The van der Waals surface area contributed by atoms with Crippen LogP contribution in [0, 0.1) is 0 Å². The zero-order valence-corrected chi connectivity index (χ0v) is 27.0. The highest BCUT2D eigenvalue weighted by atomic mass is 32.1. The molecular formula is C45H28N4S. The monoisotopic (exact) mass is 665 g/mol. The van der Waals surface area contributed by atoms with Crippen LogP contribution in [0.15, 0.2) is 170 Å². The van der Waals surface area contributed by atoms with Crippen molar-refractivity contribution in [1.82, 2.24) is 19.5 Å². The van der Waals surface area contributed by atoms with Gasteiger partial charge in [-0.1, -0.05) is 133 Å². The van der Waals surface area contributed by atoms with Crippen LogP contribution in [0.2, 0.25) is 0 Å². The number of para-hydroxylation sites is 2. The number of hydrogen-bond donors (Lipinski definition) is 0. The Morgan fingerprint density at radius 2 is 1.04 bits per heavy atom. The largest absolute Gasteiger partial charge is 0.309 e. The number of thiophene rings is 1.